The minimum Gasteiger partial charge on any atom is -0.490 e. The predicted octanol–water partition coefficient (Wildman–Crippen LogP) is 3.97. The lowest BCUT2D eigenvalue weighted by molar-refractivity contribution is 0.0590. The number of aromatic nitrogens is 2. The SMILES string of the molecule is O=C(c1cnc2ccccc2n1)N1CCC(Oc2ccc(Cl)cc2)CC1. The zero-order chi connectivity index (χ0) is 17.9. The normalized spacial score (nSPS) is 15.2. The summed E-state index contributed by atoms with van der Waals surface area (Å²) in [6.45, 7) is 1.29. The third-order valence-corrected chi connectivity index (χ3v) is 4.77. The number of carbonyl (C=O) groups excluding carboxylic acids is 1. The molecule has 1 aliphatic rings. The maximum atomic E-state index is 12.7. The molecule has 0 saturated carbocycles. The lowest BCUT2D eigenvalue weighted by Gasteiger charge is -2.32. The minimum atomic E-state index is -0.0757. The molecule has 132 valence electrons. The molecule has 1 aromatic heterocycles. The number of piperidine rings is 1. The molecule has 3 aromatic rings. The first kappa shape index (κ1) is 16.8. The molecular formula is C20H18ClN3O2. The Hall–Kier alpha value is -2.66. The number of hydrogen-bond acceptors (Lipinski definition) is 4. The summed E-state index contributed by atoms with van der Waals surface area (Å²) in [5, 5.41) is 0.689. The standard InChI is InChI=1S/C20H18ClN3O2/c21-14-5-7-15(8-6-14)26-16-9-11-24(12-10-16)20(25)19-13-22-17-3-1-2-4-18(17)23-19/h1-8,13,16H,9-12H2. The Labute approximate surface area is 156 Å². The average molecular weight is 368 g/mol. The van der Waals surface area contributed by atoms with E-state index >= 15 is 0 Å². The van der Waals surface area contributed by atoms with Gasteiger partial charge in [0.2, 0.25) is 0 Å². The van der Waals surface area contributed by atoms with Crippen molar-refractivity contribution in [3.8, 4) is 5.75 Å². The molecule has 1 amide bonds. The Balaban J connectivity index is 1.38. The molecule has 2 aromatic carbocycles. The van der Waals surface area contributed by atoms with E-state index in [0.29, 0.717) is 23.8 Å². The van der Waals surface area contributed by atoms with Crippen LogP contribution in [0.2, 0.25) is 5.02 Å². The molecule has 0 N–H and O–H groups in total. The summed E-state index contributed by atoms with van der Waals surface area (Å²) in [6.07, 6.45) is 3.23. The van der Waals surface area contributed by atoms with E-state index < -0.39 is 0 Å². The van der Waals surface area contributed by atoms with Gasteiger partial charge >= 0.3 is 0 Å². The molecule has 4 rings (SSSR count). The number of likely N-dealkylation sites (tertiary alicyclic amines) is 1. The van der Waals surface area contributed by atoms with Crippen LogP contribution in [-0.2, 0) is 0 Å². The number of amides is 1. The maximum absolute atomic E-state index is 12.7. The summed E-state index contributed by atoms with van der Waals surface area (Å²) in [5.41, 5.74) is 1.92. The van der Waals surface area contributed by atoms with Crippen molar-refractivity contribution >= 4 is 28.5 Å². The van der Waals surface area contributed by atoms with E-state index in [0.717, 1.165) is 29.6 Å². The Kier molecular flexibility index (Phi) is 4.71. The number of rotatable bonds is 3. The fraction of sp³-hybridized carbons (Fsp3) is 0.250. The Morgan fingerprint density at radius 3 is 2.46 bits per heavy atom. The minimum absolute atomic E-state index is 0.0757. The van der Waals surface area contributed by atoms with Crippen LogP contribution in [0.5, 0.6) is 5.75 Å². The second-order valence-corrected chi connectivity index (χ2v) is 6.74. The van der Waals surface area contributed by atoms with Crippen molar-refractivity contribution in [2.24, 2.45) is 0 Å². The highest BCUT2D eigenvalue weighted by atomic mass is 35.5. The molecule has 6 heteroatoms. The van der Waals surface area contributed by atoms with Crippen LogP contribution in [-0.4, -0.2) is 40.0 Å². The number of fused-ring (bicyclic) bond motifs is 1. The van der Waals surface area contributed by atoms with Gasteiger partial charge in [-0.2, -0.15) is 0 Å². The summed E-state index contributed by atoms with van der Waals surface area (Å²) in [6, 6.07) is 14.9. The van der Waals surface area contributed by atoms with Crippen molar-refractivity contribution in [1.29, 1.82) is 0 Å². The van der Waals surface area contributed by atoms with Gasteiger partial charge in [0.1, 0.15) is 17.5 Å². The smallest absolute Gasteiger partial charge is 0.274 e. The van der Waals surface area contributed by atoms with Crippen molar-refractivity contribution in [3.63, 3.8) is 0 Å². The van der Waals surface area contributed by atoms with Gasteiger partial charge < -0.3 is 9.64 Å². The van der Waals surface area contributed by atoms with Crippen molar-refractivity contribution in [2.45, 2.75) is 18.9 Å². The number of ether oxygens (including phenoxy) is 1. The molecule has 5 nitrogen and oxygen atoms in total. The molecule has 0 unspecified atom stereocenters. The summed E-state index contributed by atoms with van der Waals surface area (Å²) in [5.74, 6) is 0.729. The van der Waals surface area contributed by atoms with Gasteiger partial charge in [-0.3, -0.25) is 9.78 Å². The highest BCUT2D eigenvalue weighted by Crippen LogP contribution is 2.22. The first-order valence-electron chi connectivity index (χ1n) is 8.62. The van der Waals surface area contributed by atoms with Crippen LogP contribution in [0.15, 0.2) is 54.7 Å². The quantitative estimate of drug-likeness (QED) is 0.703. The Bertz CT molecular complexity index is 922. The van der Waals surface area contributed by atoms with Crippen LogP contribution < -0.4 is 4.74 Å². The second kappa shape index (κ2) is 7.30. The van der Waals surface area contributed by atoms with Crippen molar-refractivity contribution in [3.05, 3.63) is 65.4 Å². The van der Waals surface area contributed by atoms with E-state index in [1.807, 2.05) is 53.4 Å². The molecule has 0 radical (unpaired) electrons. The largest absolute Gasteiger partial charge is 0.490 e. The highest BCUT2D eigenvalue weighted by molar-refractivity contribution is 6.30. The van der Waals surface area contributed by atoms with Crippen LogP contribution in [0.3, 0.4) is 0 Å². The van der Waals surface area contributed by atoms with Crippen LogP contribution in [0.25, 0.3) is 11.0 Å². The van der Waals surface area contributed by atoms with E-state index in [1.54, 1.807) is 6.20 Å². The molecule has 0 aliphatic carbocycles. The number of benzene rings is 2. The predicted molar refractivity (Wildman–Crippen MR) is 101 cm³/mol. The van der Waals surface area contributed by atoms with Gasteiger partial charge in [0.05, 0.1) is 17.2 Å². The molecule has 1 aliphatic heterocycles. The Morgan fingerprint density at radius 2 is 1.73 bits per heavy atom. The number of hydrogen-bond donors (Lipinski definition) is 0. The van der Waals surface area contributed by atoms with Crippen LogP contribution in [0.1, 0.15) is 23.3 Å². The first-order chi connectivity index (χ1) is 12.7. The molecule has 2 heterocycles. The zero-order valence-corrected chi connectivity index (χ0v) is 14.9. The summed E-state index contributed by atoms with van der Waals surface area (Å²) in [7, 11) is 0. The maximum Gasteiger partial charge on any atom is 0.274 e. The van der Waals surface area contributed by atoms with Crippen molar-refractivity contribution < 1.29 is 9.53 Å². The molecule has 1 saturated heterocycles. The summed E-state index contributed by atoms with van der Waals surface area (Å²) >= 11 is 5.89. The molecule has 1 fully saturated rings. The molecule has 26 heavy (non-hydrogen) atoms. The van der Waals surface area contributed by atoms with E-state index in [4.69, 9.17) is 16.3 Å². The van der Waals surface area contributed by atoms with Gasteiger partial charge in [-0.1, -0.05) is 23.7 Å². The lowest BCUT2D eigenvalue weighted by Crippen LogP contribution is -2.42. The van der Waals surface area contributed by atoms with Gasteiger partial charge in [-0.25, -0.2) is 4.98 Å². The third kappa shape index (κ3) is 3.63. The fourth-order valence-electron chi connectivity index (χ4n) is 3.10. The van der Waals surface area contributed by atoms with Gasteiger partial charge in [0.15, 0.2) is 0 Å². The number of para-hydroxylation sites is 2. The Morgan fingerprint density at radius 1 is 1.04 bits per heavy atom. The molecule has 0 atom stereocenters. The first-order valence-corrected chi connectivity index (χ1v) is 9.00. The highest BCUT2D eigenvalue weighted by Gasteiger charge is 2.25. The number of carbonyl (C=O) groups is 1. The fourth-order valence-corrected chi connectivity index (χ4v) is 3.23. The van der Waals surface area contributed by atoms with E-state index in [2.05, 4.69) is 9.97 Å². The van der Waals surface area contributed by atoms with Gasteiger partial charge in [0.25, 0.3) is 5.91 Å². The molecular weight excluding hydrogens is 350 g/mol. The van der Waals surface area contributed by atoms with E-state index in [-0.39, 0.29) is 12.0 Å². The summed E-state index contributed by atoms with van der Waals surface area (Å²) < 4.78 is 5.98. The van der Waals surface area contributed by atoms with Gasteiger partial charge in [0, 0.05) is 31.0 Å². The van der Waals surface area contributed by atoms with E-state index in [9.17, 15) is 4.79 Å². The second-order valence-electron chi connectivity index (χ2n) is 6.31. The van der Waals surface area contributed by atoms with Crippen molar-refractivity contribution in [2.75, 3.05) is 13.1 Å². The topological polar surface area (TPSA) is 55.3 Å². The monoisotopic (exact) mass is 367 g/mol. The van der Waals surface area contributed by atoms with Gasteiger partial charge in [-0.05, 0) is 36.4 Å². The van der Waals surface area contributed by atoms with Crippen LogP contribution in [0, 0.1) is 0 Å². The van der Waals surface area contributed by atoms with Crippen LogP contribution in [0.4, 0.5) is 0 Å². The average Bonchev–Trinajstić information content (AvgIpc) is 2.69. The van der Waals surface area contributed by atoms with Gasteiger partial charge in [-0.15, -0.1) is 0 Å². The summed E-state index contributed by atoms with van der Waals surface area (Å²) in [4.78, 5) is 23.3. The molecule has 0 bridgehead atoms. The van der Waals surface area contributed by atoms with Crippen molar-refractivity contribution in [1.82, 2.24) is 14.9 Å². The zero-order valence-electron chi connectivity index (χ0n) is 14.1. The van der Waals surface area contributed by atoms with Crippen LogP contribution >= 0.6 is 11.6 Å². The third-order valence-electron chi connectivity index (χ3n) is 4.51. The molecule has 0 spiro atoms. The number of halogens is 1. The lowest BCUT2D eigenvalue weighted by atomic mass is 10.1. The number of nitrogens with zero attached hydrogens (tertiary/aromatic N) is 3. The van der Waals surface area contributed by atoms with E-state index in [1.165, 1.54) is 0 Å².